The van der Waals surface area contributed by atoms with Crippen LogP contribution in [0.15, 0.2) is 10.7 Å². The summed E-state index contributed by atoms with van der Waals surface area (Å²) in [5.41, 5.74) is 1.34. The average Bonchev–Trinajstić information content (AvgIpc) is 2.77. The highest BCUT2D eigenvalue weighted by Crippen LogP contribution is 2.39. The maximum absolute atomic E-state index is 4.48. The van der Waals surface area contributed by atoms with Gasteiger partial charge in [0, 0.05) is 6.54 Å². The summed E-state index contributed by atoms with van der Waals surface area (Å²) in [5, 5.41) is 8.18. The molecule has 1 aliphatic rings. The number of rotatable bonds is 5. The Kier molecular flexibility index (Phi) is 5.46. The number of hydrogen-bond acceptors (Lipinski definition) is 2. The Morgan fingerprint density at radius 2 is 2.26 bits per heavy atom. The van der Waals surface area contributed by atoms with Crippen LogP contribution < -0.4 is 5.32 Å². The molecule has 0 saturated heterocycles. The van der Waals surface area contributed by atoms with Gasteiger partial charge in [0.15, 0.2) is 0 Å². The molecule has 0 radical (unpaired) electrons. The van der Waals surface area contributed by atoms with E-state index in [1.54, 1.807) is 0 Å². The zero-order valence-electron chi connectivity index (χ0n) is 12.3. The van der Waals surface area contributed by atoms with Crippen LogP contribution in [0.1, 0.15) is 58.2 Å². The van der Waals surface area contributed by atoms with Crippen LogP contribution >= 0.6 is 15.9 Å². The van der Waals surface area contributed by atoms with Crippen LogP contribution in [-0.4, -0.2) is 16.3 Å². The second-order valence-electron chi connectivity index (χ2n) is 5.76. The zero-order chi connectivity index (χ0) is 13.8. The number of halogens is 1. The number of nitrogens with zero attached hydrogens (tertiary/aromatic N) is 2. The van der Waals surface area contributed by atoms with Gasteiger partial charge in [-0.3, -0.25) is 4.68 Å². The van der Waals surface area contributed by atoms with Gasteiger partial charge in [0.25, 0.3) is 0 Å². The van der Waals surface area contributed by atoms with Crippen LogP contribution in [0.3, 0.4) is 0 Å². The van der Waals surface area contributed by atoms with Gasteiger partial charge < -0.3 is 5.32 Å². The van der Waals surface area contributed by atoms with Crippen LogP contribution in [0.4, 0.5) is 0 Å². The van der Waals surface area contributed by atoms with E-state index in [2.05, 4.69) is 51.8 Å². The van der Waals surface area contributed by atoms with Crippen molar-refractivity contribution in [1.82, 2.24) is 15.1 Å². The molecule has 1 aliphatic carbocycles. The molecule has 0 spiro atoms. The summed E-state index contributed by atoms with van der Waals surface area (Å²) in [6, 6.07) is 0.435. The molecule has 4 heteroatoms. The first-order chi connectivity index (χ1) is 9.17. The molecule has 1 aromatic rings. The Labute approximate surface area is 125 Å². The van der Waals surface area contributed by atoms with E-state index in [0.29, 0.717) is 6.04 Å². The lowest BCUT2D eigenvalue weighted by Crippen LogP contribution is -2.33. The van der Waals surface area contributed by atoms with E-state index >= 15 is 0 Å². The van der Waals surface area contributed by atoms with Gasteiger partial charge in [0.05, 0.1) is 22.4 Å². The minimum atomic E-state index is 0.435. The molecule has 1 aromatic heterocycles. The van der Waals surface area contributed by atoms with Crippen LogP contribution in [0.25, 0.3) is 0 Å². The van der Waals surface area contributed by atoms with Crippen molar-refractivity contribution in [3.05, 3.63) is 16.4 Å². The molecule has 3 unspecified atom stereocenters. The predicted octanol–water partition coefficient (Wildman–Crippen LogP) is 4.14. The Bertz CT molecular complexity index is 402. The predicted molar refractivity (Wildman–Crippen MR) is 83.1 cm³/mol. The molecular weight excluding hydrogens is 302 g/mol. The van der Waals surface area contributed by atoms with Gasteiger partial charge in [-0.05, 0) is 54.1 Å². The second kappa shape index (κ2) is 6.89. The van der Waals surface area contributed by atoms with Crippen molar-refractivity contribution in [2.24, 2.45) is 11.8 Å². The van der Waals surface area contributed by atoms with E-state index in [0.717, 1.165) is 29.4 Å². The summed E-state index contributed by atoms with van der Waals surface area (Å²) in [5.74, 6) is 1.60. The number of aryl methyl sites for hydroxylation is 1. The zero-order valence-corrected chi connectivity index (χ0v) is 13.9. The highest BCUT2D eigenvalue weighted by Gasteiger charge is 2.30. The van der Waals surface area contributed by atoms with Gasteiger partial charge in [0.2, 0.25) is 0 Å². The van der Waals surface area contributed by atoms with Crippen molar-refractivity contribution >= 4 is 15.9 Å². The fraction of sp³-hybridized carbons (Fsp3) is 0.800. The lowest BCUT2D eigenvalue weighted by molar-refractivity contribution is 0.218. The van der Waals surface area contributed by atoms with E-state index in [-0.39, 0.29) is 0 Å². The number of hydrogen-bond donors (Lipinski definition) is 1. The Morgan fingerprint density at radius 1 is 1.47 bits per heavy atom. The fourth-order valence-electron chi connectivity index (χ4n) is 3.42. The van der Waals surface area contributed by atoms with E-state index < -0.39 is 0 Å². The Morgan fingerprint density at radius 3 is 2.89 bits per heavy atom. The number of aromatic nitrogens is 2. The largest absolute Gasteiger partial charge is 0.309 e. The molecule has 2 rings (SSSR count). The molecule has 19 heavy (non-hydrogen) atoms. The van der Waals surface area contributed by atoms with Gasteiger partial charge in [-0.2, -0.15) is 5.10 Å². The van der Waals surface area contributed by atoms with Crippen LogP contribution in [0.5, 0.6) is 0 Å². The summed E-state index contributed by atoms with van der Waals surface area (Å²) in [4.78, 5) is 0. The van der Waals surface area contributed by atoms with Crippen molar-refractivity contribution in [3.63, 3.8) is 0 Å². The average molecular weight is 328 g/mol. The standard InChI is InChI=1S/C15H26BrN3/c1-4-17-14(12-8-6-7-11(3)9-12)15-13(16)10-18-19(15)5-2/h10-12,14,17H,4-9H2,1-3H3. The third kappa shape index (κ3) is 3.40. The maximum Gasteiger partial charge on any atom is 0.0698 e. The van der Waals surface area contributed by atoms with Gasteiger partial charge >= 0.3 is 0 Å². The van der Waals surface area contributed by atoms with Crippen molar-refractivity contribution in [2.75, 3.05) is 6.54 Å². The van der Waals surface area contributed by atoms with E-state index in [1.165, 1.54) is 31.4 Å². The van der Waals surface area contributed by atoms with Crippen LogP contribution in [-0.2, 0) is 6.54 Å². The summed E-state index contributed by atoms with van der Waals surface area (Å²) >= 11 is 3.69. The highest BCUT2D eigenvalue weighted by molar-refractivity contribution is 9.10. The molecule has 3 nitrogen and oxygen atoms in total. The van der Waals surface area contributed by atoms with Gasteiger partial charge in [0.1, 0.15) is 0 Å². The van der Waals surface area contributed by atoms with E-state index in [1.807, 2.05) is 6.20 Å². The molecule has 1 heterocycles. The summed E-state index contributed by atoms with van der Waals surface area (Å²) in [7, 11) is 0. The smallest absolute Gasteiger partial charge is 0.0698 e. The van der Waals surface area contributed by atoms with Crippen molar-refractivity contribution in [1.29, 1.82) is 0 Å². The molecule has 0 aromatic carbocycles. The molecule has 108 valence electrons. The second-order valence-corrected chi connectivity index (χ2v) is 6.62. The van der Waals surface area contributed by atoms with Crippen molar-refractivity contribution in [2.45, 2.75) is 59.0 Å². The first kappa shape index (κ1) is 15.0. The van der Waals surface area contributed by atoms with Crippen LogP contribution in [0.2, 0.25) is 0 Å². The lowest BCUT2D eigenvalue weighted by Gasteiger charge is -2.34. The molecule has 0 bridgehead atoms. The number of nitrogens with one attached hydrogen (secondary N) is 1. The summed E-state index contributed by atoms with van der Waals surface area (Å²) < 4.78 is 3.29. The van der Waals surface area contributed by atoms with E-state index in [4.69, 9.17) is 0 Å². The minimum Gasteiger partial charge on any atom is -0.309 e. The van der Waals surface area contributed by atoms with Crippen molar-refractivity contribution in [3.8, 4) is 0 Å². The van der Waals surface area contributed by atoms with Crippen LogP contribution in [0, 0.1) is 11.8 Å². The lowest BCUT2D eigenvalue weighted by atomic mass is 9.77. The van der Waals surface area contributed by atoms with Gasteiger partial charge in [-0.25, -0.2) is 0 Å². The third-order valence-electron chi connectivity index (χ3n) is 4.30. The topological polar surface area (TPSA) is 29.9 Å². The summed E-state index contributed by atoms with van der Waals surface area (Å²) in [6.07, 6.45) is 7.37. The Hall–Kier alpha value is -0.350. The quantitative estimate of drug-likeness (QED) is 0.880. The highest BCUT2D eigenvalue weighted by atomic mass is 79.9. The Balaban J connectivity index is 2.25. The monoisotopic (exact) mass is 327 g/mol. The first-order valence-corrected chi connectivity index (χ1v) is 8.41. The third-order valence-corrected chi connectivity index (χ3v) is 4.91. The maximum atomic E-state index is 4.48. The molecule has 1 fully saturated rings. The molecule has 0 amide bonds. The first-order valence-electron chi connectivity index (χ1n) is 7.61. The van der Waals surface area contributed by atoms with Gasteiger partial charge in [-0.1, -0.05) is 26.7 Å². The molecule has 1 N–H and O–H groups in total. The molecule has 1 saturated carbocycles. The summed E-state index contributed by atoms with van der Waals surface area (Å²) in [6.45, 7) is 8.69. The minimum absolute atomic E-state index is 0.435. The molecule has 0 aliphatic heterocycles. The van der Waals surface area contributed by atoms with Gasteiger partial charge in [-0.15, -0.1) is 0 Å². The molecule has 3 atom stereocenters. The van der Waals surface area contributed by atoms with E-state index in [9.17, 15) is 0 Å². The normalized spacial score (nSPS) is 25.5. The molecular formula is C15H26BrN3. The fourth-order valence-corrected chi connectivity index (χ4v) is 3.97. The van der Waals surface area contributed by atoms with Crippen molar-refractivity contribution < 1.29 is 0 Å². The SMILES string of the molecule is CCNC(c1c(Br)cnn1CC)C1CCCC(C)C1.